The normalized spacial score (nSPS) is 11.2. The van der Waals surface area contributed by atoms with Gasteiger partial charge in [-0.25, -0.2) is 0 Å². The number of amides is 1. The Hall–Kier alpha value is -1.64. The summed E-state index contributed by atoms with van der Waals surface area (Å²) in [5.41, 5.74) is 1.82. The molecule has 0 spiro atoms. The van der Waals surface area contributed by atoms with Crippen LogP contribution in [0.1, 0.15) is 12.0 Å². The zero-order chi connectivity index (χ0) is 11.1. The molecule has 0 radical (unpaired) electrons. The lowest BCUT2D eigenvalue weighted by Gasteiger charge is -2.04. The Balaban J connectivity index is 2.53. The van der Waals surface area contributed by atoms with E-state index in [0.29, 0.717) is 12.1 Å². The molecule has 15 heavy (non-hydrogen) atoms. The number of hydrogen-bond donors (Lipinski definition) is 1. The van der Waals surface area contributed by atoms with Crippen LogP contribution in [0.15, 0.2) is 35.3 Å². The van der Waals surface area contributed by atoms with Gasteiger partial charge in [-0.05, 0) is 18.4 Å². The molecule has 0 aliphatic carbocycles. The minimum absolute atomic E-state index is 0.0894. The van der Waals surface area contributed by atoms with Gasteiger partial charge >= 0.3 is 0 Å². The van der Waals surface area contributed by atoms with Crippen molar-refractivity contribution in [2.24, 2.45) is 4.99 Å². The molecule has 3 nitrogen and oxygen atoms in total. The quantitative estimate of drug-likeness (QED) is 0.741. The Morgan fingerprint density at radius 2 is 2.00 bits per heavy atom. The fourth-order valence-corrected chi connectivity index (χ4v) is 1.38. The van der Waals surface area contributed by atoms with E-state index in [4.69, 9.17) is 0 Å². The molecule has 0 aromatic heterocycles. The Morgan fingerprint density at radius 1 is 1.33 bits per heavy atom. The third-order valence-corrected chi connectivity index (χ3v) is 2.25. The number of hydrogen-bond acceptors (Lipinski definition) is 2. The highest BCUT2D eigenvalue weighted by Crippen LogP contribution is 2.03. The average molecular weight is 204 g/mol. The van der Waals surface area contributed by atoms with E-state index in [1.165, 1.54) is 5.56 Å². The number of rotatable bonds is 4. The lowest BCUT2D eigenvalue weighted by molar-refractivity contribution is -0.114. The first-order valence-electron chi connectivity index (χ1n) is 4.99. The van der Waals surface area contributed by atoms with Crippen molar-refractivity contribution >= 4 is 11.6 Å². The topological polar surface area (TPSA) is 41.5 Å². The predicted molar refractivity (Wildman–Crippen MR) is 62.2 cm³/mol. The maximum atomic E-state index is 11.3. The van der Waals surface area contributed by atoms with E-state index >= 15 is 0 Å². The number of aliphatic imine (C=N–C) groups is 1. The number of carbonyl (C=O) groups is 1. The van der Waals surface area contributed by atoms with Crippen LogP contribution in [0, 0.1) is 0 Å². The SMILES string of the molecule is C/N=C(\CCc1ccccc1)C(=O)NC. The molecule has 0 fully saturated rings. The molecular formula is C12H16N2O. The molecule has 1 aromatic rings. The Labute approximate surface area is 90.2 Å². The van der Waals surface area contributed by atoms with E-state index in [0.717, 1.165) is 6.42 Å². The highest BCUT2D eigenvalue weighted by Gasteiger charge is 2.07. The summed E-state index contributed by atoms with van der Waals surface area (Å²) in [6, 6.07) is 10.1. The zero-order valence-corrected chi connectivity index (χ0v) is 9.16. The third kappa shape index (κ3) is 3.54. The van der Waals surface area contributed by atoms with Gasteiger partial charge in [0.05, 0.1) is 5.71 Å². The first-order chi connectivity index (χ1) is 7.27. The lowest BCUT2D eigenvalue weighted by atomic mass is 10.1. The number of aryl methyl sites for hydroxylation is 1. The Kier molecular flexibility index (Phi) is 4.54. The van der Waals surface area contributed by atoms with Gasteiger partial charge in [0.2, 0.25) is 0 Å². The fraction of sp³-hybridized carbons (Fsp3) is 0.333. The highest BCUT2D eigenvalue weighted by atomic mass is 16.1. The van der Waals surface area contributed by atoms with Crippen LogP contribution in [0.5, 0.6) is 0 Å². The number of benzene rings is 1. The van der Waals surface area contributed by atoms with Crippen LogP contribution in [-0.2, 0) is 11.2 Å². The minimum atomic E-state index is -0.0894. The Bertz CT molecular complexity index is 344. The molecule has 0 heterocycles. The van der Waals surface area contributed by atoms with E-state index in [-0.39, 0.29) is 5.91 Å². The maximum absolute atomic E-state index is 11.3. The van der Waals surface area contributed by atoms with Crippen LogP contribution < -0.4 is 5.32 Å². The van der Waals surface area contributed by atoms with Crippen LogP contribution in [0.25, 0.3) is 0 Å². The van der Waals surface area contributed by atoms with Gasteiger partial charge < -0.3 is 5.32 Å². The summed E-state index contributed by atoms with van der Waals surface area (Å²) in [6.07, 6.45) is 1.53. The zero-order valence-electron chi connectivity index (χ0n) is 9.16. The van der Waals surface area contributed by atoms with Crippen molar-refractivity contribution in [3.05, 3.63) is 35.9 Å². The summed E-state index contributed by atoms with van der Waals surface area (Å²) in [7, 11) is 3.27. The monoisotopic (exact) mass is 204 g/mol. The summed E-state index contributed by atoms with van der Waals surface area (Å²) in [6.45, 7) is 0. The van der Waals surface area contributed by atoms with Crippen molar-refractivity contribution in [1.29, 1.82) is 0 Å². The molecule has 1 N–H and O–H groups in total. The highest BCUT2D eigenvalue weighted by molar-refractivity contribution is 6.38. The molecule has 1 amide bonds. The van der Waals surface area contributed by atoms with Gasteiger partial charge in [0.1, 0.15) is 0 Å². The summed E-state index contributed by atoms with van der Waals surface area (Å²) in [5.74, 6) is -0.0894. The molecule has 0 unspecified atom stereocenters. The first-order valence-corrected chi connectivity index (χ1v) is 4.99. The van der Waals surface area contributed by atoms with Gasteiger partial charge in [-0.15, -0.1) is 0 Å². The standard InChI is InChI=1S/C12H16N2O/c1-13-11(12(15)14-2)9-8-10-6-4-3-5-7-10/h3-7H,8-9H2,1-2H3,(H,14,15)/b13-11+. The van der Waals surface area contributed by atoms with Crippen molar-refractivity contribution in [3.8, 4) is 0 Å². The van der Waals surface area contributed by atoms with Crippen LogP contribution in [-0.4, -0.2) is 25.7 Å². The molecule has 80 valence electrons. The largest absolute Gasteiger partial charge is 0.354 e. The van der Waals surface area contributed by atoms with E-state index in [1.807, 2.05) is 18.2 Å². The molecule has 3 heteroatoms. The van der Waals surface area contributed by atoms with Crippen LogP contribution in [0.2, 0.25) is 0 Å². The van der Waals surface area contributed by atoms with Gasteiger partial charge in [0, 0.05) is 14.1 Å². The molecule has 1 aromatic carbocycles. The summed E-state index contributed by atoms with van der Waals surface area (Å²) < 4.78 is 0. The maximum Gasteiger partial charge on any atom is 0.264 e. The predicted octanol–water partition coefficient (Wildman–Crippen LogP) is 1.44. The van der Waals surface area contributed by atoms with Crippen molar-refractivity contribution in [2.75, 3.05) is 14.1 Å². The van der Waals surface area contributed by atoms with Crippen molar-refractivity contribution in [2.45, 2.75) is 12.8 Å². The second-order valence-corrected chi connectivity index (χ2v) is 3.24. The van der Waals surface area contributed by atoms with Crippen molar-refractivity contribution in [1.82, 2.24) is 5.32 Å². The van der Waals surface area contributed by atoms with Gasteiger partial charge in [-0.1, -0.05) is 30.3 Å². The van der Waals surface area contributed by atoms with Crippen LogP contribution in [0.3, 0.4) is 0 Å². The average Bonchev–Trinajstić information content (AvgIpc) is 2.31. The van der Waals surface area contributed by atoms with Crippen molar-refractivity contribution < 1.29 is 4.79 Å². The minimum Gasteiger partial charge on any atom is -0.354 e. The van der Waals surface area contributed by atoms with Gasteiger partial charge in [0.25, 0.3) is 5.91 Å². The molecule has 0 bridgehead atoms. The van der Waals surface area contributed by atoms with Gasteiger partial charge in [-0.3, -0.25) is 9.79 Å². The third-order valence-electron chi connectivity index (χ3n) is 2.25. The molecule has 0 saturated carbocycles. The smallest absolute Gasteiger partial charge is 0.264 e. The summed E-state index contributed by atoms with van der Waals surface area (Å²) >= 11 is 0. The van der Waals surface area contributed by atoms with Gasteiger partial charge in [0.15, 0.2) is 0 Å². The second-order valence-electron chi connectivity index (χ2n) is 3.24. The van der Waals surface area contributed by atoms with Crippen molar-refractivity contribution in [3.63, 3.8) is 0 Å². The number of nitrogens with one attached hydrogen (secondary N) is 1. The summed E-state index contributed by atoms with van der Waals surface area (Å²) in [4.78, 5) is 15.3. The molecule has 1 rings (SSSR count). The fourth-order valence-electron chi connectivity index (χ4n) is 1.38. The summed E-state index contributed by atoms with van der Waals surface area (Å²) in [5, 5.41) is 2.58. The molecule has 0 saturated heterocycles. The lowest BCUT2D eigenvalue weighted by Crippen LogP contribution is -2.27. The van der Waals surface area contributed by atoms with E-state index in [2.05, 4.69) is 22.4 Å². The first kappa shape index (κ1) is 11.4. The number of nitrogens with zero attached hydrogens (tertiary/aromatic N) is 1. The van der Waals surface area contributed by atoms with Gasteiger partial charge in [-0.2, -0.15) is 0 Å². The molecule has 0 atom stereocenters. The van der Waals surface area contributed by atoms with Crippen LogP contribution >= 0.6 is 0 Å². The van der Waals surface area contributed by atoms with E-state index < -0.39 is 0 Å². The molecule has 0 aliphatic rings. The van der Waals surface area contributed by atoms with Crippen LogP contribution in [0.4, 0.5) is 0 Å². The van der Waals surface area contributed by atoms with E-state index in [1.54, 1.807) is 14.1 Å². The second kappa shape index (κ2) is 5.96. The number of carbonyl (C=O) groups excluding carboxylic acids is 1. The molecular weight excluding hydrogens is 188 g/mol. The molecule has 0 aliphatic heterocycles. The Morgan fingerprint density at radius 3 is 2.53 bits per heavy atom. The van der Waals surface area contributed by atoms with E-state index in [9.17, 15) is 4.79 Å².